The van der Waals surface area contributed by atoms with E-state index in [1.165, 1.54) is 20.5 Å². The number of nitrogens with zero attached hydrogens (tertiary/aromatic N) is 1. The number of aliphatic hydroxyl groups excluding tert-OH is 2. The summed E-state index contributed by atoms with van der Waals surface area (Å²) in [5, 5.41) is 40.9. The van der Waals surface area contributed by atoms with Gasteiger partial charge in [0.1, 0.15) is 30.0 Å². The Morgan fingerprint density at radius 1 is 0.879 bits per heavy atom. The van der Waals surface area contributed by atoms with Crippen LogP contribution in [0.3, 0.4) is 0 Å². The Bertz CT molecular complexity index is 1490. The van der Waals surface area contributed by atoms with Crippen molar-refractivity contribution in [1.82, 2.24) is 15.5 Å². The number of carbonyl (C=O) groups excluding carboxylic acids is 3. The maximum Gasteiger partial charge on any atom is 0.311 e. The van der Waals surface area contributed by atoms with E-state index in [1.54, 1.807) is 34.8 Å². The van der Waals surface area contributed by atoms with Crippen LogP contribution in [-0.4, -0.2) is 170 Å². The van der Waals surface area contributed by atoms with Crippen molar-refractivity contribution < 1.29 is 67.6 Å². The van der Waals surface area contributed by atoms with Crippen molar-refractivity contribution in [1.29, 1.82) is 0 Å². The summed E-state index contributed by atoms with van der Waals surface area (Å²) in [6.07, 6.45) is -1.64. The summed E-state index contributed by atoms with van der Waals surface area (Å²) in [5.41, 5.74) is -4.14. The third kappa shape index (κ3) is 15.2. The second-order valence-electron chi connectivity index (χ2n) is 20.5. The number of ether oxygens (including phenoxy) is 8. The molecular weight excluding hydrogens is 855 g/mol. The van der Waals surface area contributed by atoms with Crippen LogP contribution in [0, 0.1) is 17.8 Å². The van der Waals surface area contributed by atoms with Gasteiger partial charge >= 0.3 is 5.97 Å². The van der Waals surface area contributed by atoms with Gasteiger partial charge in [-0.2, -0.15) is 0 Å². The summed E-state index contributed by atoms with van der Waals surface area (Å²) >= 11 is 0. The average molecular weight is 946 g/mol. The van der Waals surface area contributed by atoms with Gasteiger partial charge in [-0.25, -0.2) is 0 Å². The zero-order valence-corrected chi connectivity index (χ0v) is 43.1. The maximum atomic E-state index is 14.5. The normalized spacial score (nSPS) is 41.1. The molecule has 3 saturated heterocycles. The molecule has 0 bridgehead atoms. The molecular formula is C49H91N3O14. The van der Waals surface area contributed by atoms with Crippen LogP contribution in [0.5, 0.6) is 0 Å². The first-order valence-corrected chi connectivity index (χ1v) is 24.8. The second kappa shape index (κ2) is 26.3. The number of methoxy groups -OCH3 is 2. The minimum Gasteiger partial charge on any atom is -0.459 e. The van der Waals surface area contributed by atoms with Crippen LogP contribution < -0.4 is 10.6 Å². The summed E-state index contributed by atoms with van der Waals surface area (Å²) in [6, 6.07) is -1.23. The Kier molecular flexibility index (Phi) is 23.2. The highest BCUT2D eigenvalue weighted by molar-refractivity contribution is 5.78. The molecule has 0 saturated carbocycles. The topological polar surface area (TPSA) is 213 Å². The van der Waals surface area contributed by atoms with Gasteiger partial charge in [-0.3, -0.25) is 14.4 Å². The van der Waals surface area contributed by atoms with Gasteiger partial charge in [-0.1, -0.05) is 53.4 Å². The fourth-order valence-corrected chi connectivity index (χ4v) is 10.2. The van der Waals surface area contributed by atoms with E-state index in [2.05, 4.69) is 17.6 Å². The van der Waals surface area contributed by atoms with Crippen molar-refractivity contribution in [3.63, 3.8) is 0 Å². The summed E-state index contributed by atoms with van der Waals surface area (Å²) in [7, 11) is 6.90. The summed E-state index contributed by atoms with van der Waals surface area (Å²) < 4.78 is 51.8. The van der Waals surface area contributed by atoms with Crippen molar-refractivity contribution in [2.45, 2.75) is 237 Å². The number of cyclic esters (lactones) is 1. The smallest absolute Gasteiger partial charge is 0.311 e. The molecule has 5 N–H and O–H groups in total. The number of aliphatic hydroxyl groups is 3. The van der Waals surface area contributed by atoms with Crippen LogP contribution in [0.1, 0.15) is 147 Å². The first-order valence-electron chi connectivity index (χ1n) is 24.8. The molecule has 66 heavy (non-hydrogen) atoms. The molecule has 0 unspecified atom stereocenters. The van der Waals surface area contributed by atoms with Crippen LogP contribution in [0.15, 0.2) is 0 Å². The third-order valence-corrected chi connectivity index (χ3v) is 14.6. The molecule has 3 aliphatic rings. The lowest BCUT2D eigenvalue weighted by molar-refractivity contribution is -0.322. The van der Waals surface area contributed by atoms with E-state index >= 15 is 0 Å². The second-order valence-corrected chi connectivity index (χ2v) is 20.5. The minimum atomic E-state index is -1.96. The van der Waals surface area contributed by atoms with Crippen molar-refractivity contribution in [2.24, 2.45) is 17.8 Å². The van der Waals surface area contributed by atoms with Gasteiger partial charge in [-0.05, 0) is 94.7 Å². The fraction of sp³-hybridized carbons (Fsp3) is 0.939. The van der Waals surface area contributed by atoms with Crippen LogP contribution in [-0.2, 0) is 52.3 Å². The van der Waals surface area contributed by atoms with Gasteiger partial charge in [-0.15, -0.1) is 0 Å². The van der Waals surface area contributed by atoms with E-state index < -0.39 is 108 Å². The molecule has 17 heteroatoms. The monoisotopic (exact) mass is 946 g/mol. The van der Waals surface area contributed by atoms with E-state index in [1.807, 2.05) is 53.6 Å². The molecule has 0 aliphatic carbocycles. The van der Waals surface area contributed by atoms with Crippen LogP contribution in [0.4, 0.5) is 0 Å². The van der Waals surface area contributed by atoms with Gasteiger partial charge in [0, 0.05) is 58.1 Å². The Labute approximate surface area is 396 Å². The molecule has 17 nitrogen and oxygen atoms in total. The Balaban J connectivity index is 2.02. The van der Waals surface area contributed by atoms with E-state index in [9.17, 15) is 29.7 Å². The highest BCUT2D eigenvalue weighted by atomic mass is 16.7. The molecule has 3 fully saturated rings. The molecule has 0 spiro atoms. The molecule has 0 aromatic carbocycles. The number of carbonyl (C=O) groups is 3. The maximum absolute atomic E-state index is 14.5. The summed E-state index contributed by atoms with van der Waals surface area (Å²) in [6.45, 7) is 20.5. The summed E-state index contributed by atoms with van der Waals surface area (Å²) in [5.74, 6) is -3.56. The molecule has 2 amide bonds. The van der Waals surface area contributed by atoms with E-state index in [-0.39, 0.29) is 37.3 Å². The highest BCUT2D eigenvalue weighted by Gasteiger charge is 2.54. The molecule has 386 valence electrons. The van der Waals surface area contributed by atoms with Crippen LogP contribution in [0.2, 0.25) is 0 Å². The molecule has 3 aliphatic heterocycles. The highest BCUT2D eigenvalue weighted by Crippen LogP contribution is 2.41. The quantitative estimate of drug-likeness (QED) is 0.0883. The Hall–Kier alpha value is -2.03. The standard InChI is InChI=1S/C49H91N3O14/c1-16-18-19-20-21-23-37(53)50-24-22-25-61-43-34(8)63-38(28-48(43,10)60-15)65-40-31(5)42(66-46-39(54)35(52(12)13)26-30(4)62-46)47(9,59-14)27-29(3)44(56)51-33(7)41(55)49(11,58)36(17-2)64-45(57)32(40)6/h29-36,38-43,46,54-55,58H,16-28H2,1-15H3,(H,50,53)(H,51,56)/t29-,30-,31+,32-,33-,34+,35+,36-,38+,39-,40+,41-,42-,43+,46+,47-,48-,49-/m1/s1. The molecule has 3 heterocycles. The number of unbranched alkanes of at least 4 members (excludes halogenated alkanes) is 4. The third-order valence-electron chi connectivity index (χ3n) is 14.6. The Morgan fingerprint density at radius 2 is 1.52 bits per heavy atom. The zero-order chi connectivity index (χ0) is 49.7. The SMILES string of the molecule is CCCCCCCC(=O)NCCCO[C@H]1[C@H](C)O[C@@H](O[C@H]2[C@H](C)[C@@H](O[C@@H]3O[C@H](C)C[C@H](N(C)C)[C@H]3O)[C@](C)(OC)C[C@@H](C)C(=O)N[C@H](C)[C@@H](O)[C@](C)(O)[C@@H](CC)OC(=O)[C@@H]2C)C[C@@]1(C)OC. The molecule has 0 aromatic heterocycles. The van der Waals surface area contributed by atoms with E-state index in [0.29, 0.717) is 32.4 Å². The largest absolute Gasteiger partial charge is 0.459 e. The first kappa shape index (κ1) is 58.3. The van der Waals surface area contributed by atoms with E-state index in [0.717, 1.165) is 25.7 Å². The van der Waals surface area contributed by atoms with Crippen molar-refractivity contribution in [2.75, 3.05) is 41.5 Å². The van der Waals surface area contributed by atoms with E-state index in [4.69, 9.17) is 37.9 Å². The molecule has 3 rings (SSSR count). The lowest BCUT2D eigenvalue weighted by Gasteiger charge is -2.50. The predicted molar refractivity (Wildman–Crippen MR) is 249 cm³/mol. The van der Waals surface area contributed by atoms with Gasteiger partial charge in [0.25, 0.3) is 0 Å². The van der Waals surface area contributed by atoms with Gasteiger partial charge in [0.2, 0.25) is 11.8 Å². The van der Waals surface area contributed by atoms with Gasteiger partial charge in [0.15, 0.2) is 12.6 Å². The minimum absolute atomic E-state index is 0.0409. The Morgan fingerprint density at radius 3 is 2.12 bits per heavy atom. The average Bonchev–Trinajstić information content (AvgIpc) is 3.26. The number of hydrogen-bond donors (Lipinski definition) is 5. The van der Waals surface area contributed by atoms with Gasteiger partial charge < -0.3 is 68.7 Å². The number of likely N-dealkylation sites (N-methyl/N-ethyl adjacent to an activating group) is 1. The lowest BCUT2D eigenvalue weighted by atomic mass is 9.77. The zero-order valence-electron chi connectivity index (χ0n) is 43.1. The number of rotatable bonds is 19. The summed E-state index contributed by atoms with van der Waals surface area (Å²) in [4.78, 5) is 42.8. The molecule has 0 radical (unpaired) electrons. The van der Waals surface area contributed by atoms with Crippen molar-refractivity contribution >= 4 is 17.8 Å². The number of nitrogens with one attached hydrogen (secondary N) is 2. The lowest BCUT2D eigenvalue weighted by Crippen LogP contribution is -2.61. The molecule has 0 aromatic rings. The van der Waals surface area contributed by atoms with Crippen LogP contribution in [0.25, 0.3) is 0 Å². The van der Waals surface area contributed by atoms with Crippen LogP contribution >= 0.6 is 0 Å². The van der Waals surface area contributed by atoms with Crippen molar-refractivity contribution in [3.05, 3.63) is 0 Å². The fourth-order valence-electron chi connectivity index (χ4n) is 10.2. The molecule has 18 atom stereocenters. The van der Waals surface area contributed by atoms with Crippen molar-refractivity contribution in [3.8, 4) is 0 Å². The predicted octanol–water partition coefficient (Wildman–Crippen LogP) is 4.63. The van der Waals surface area contributed by atoms with Gasteiger partial charge in [0.05, 0.1) is 47.6 Å². The number of amides is 2. The first-order chi connectivity index (χ1) is 30.9. The number of hydrogen-bond acceptors (Lipinski definition) is 15. The number of esters is 1.